The van der Waals surface area contributed by atoms with Crippen molar-refractivity contribution in [1.29, 1.82) is 0 Å². The predicted molar refractivity (Wildman–Crippen MR) is 129 cm³/mol. The second-order valence-electron chi connectivity index (χ2n) is 8.27. The number of aromatic nitrogens is 4. The molecule has 1 N–H and O–H groups in total. The molecule has 0 aliphatic heterocycles. The first kappa shape index (κ1) is 21.6. The monoisotopic (exact) mass is 434 g/mol. The summed E-state index contributed by atoms with van der Waals surface area (Å²) in [7, 11) is 4.14. The van der Waals surface area contributed by atoms with Crippen molar-refractivity contribution in [2.24, 2.45) is 0 Å². The Morgan fingerprint density at radius 2 is 2.00 bits per heavy atom. The minimum atomic E-state index is 0.234. The summed E-state index contributed by atoms with van der Waals surface area (Å²) in [5.41, 5.74) is 6.34. The molecular weight excluding hydrogens is 404 g/mol. The van der Waals surface area contributed by atoms with Crippen LogP contribution in [0.3, 0.4) is 0 Å². The summed E-state index contributed by atoms with van der Waals surface area (Å²) in [6.45, 7) is 9.19. The Labute approximate surface area is 188 Å². The highest BCUT2D eigenvalue weighted by Crippen LogP contribution is 2.33. The molecule has 3 aromatic heterocycles. The van der Waals surface area contributed by atoms with Gasteiger partial charge in [-0.3, -0.25) is 0 Å². The molecule has 0 amide bonds. The van der Waals surface area contributed by atoms with Crippen molar-refractivity contribution in [1.82, 2.24) is 30.0 Å². The highest BCUT2D eigenvalue weighted by molar-refractivity contribution is 7.09. The van der Waals surface area contributed by atoms with Crippen LogP contribution in [0.5, 0.6) is 0 Å². The number of fused-ring (bicyclic) bond motifs is 1. The van der Waals surface area contributed by atoms with Crippen LogP contribution in [0.2, 0.25) is 0 Å². The van der Waals surface area contributed by atoms with Gasteiger partial charge in [-0.1, -0.05) is 18.2 Å². The second-order valence-corrected chi connectivity index (χ2v) is 9.33. The van der Waals surface area contributed by atoms with Crippen LogP contribution in [0.25, 0.3) is 33.5 Å². The van der Waals surface area contributed by atoms with Crippen molar-refractivity contribution in [3.8, 4) is 22.5 Å². The number of thiazole rings is 1. The Hall–Kier alpha value is -2.61. The average molecular weight is 435 g/mol. The summed E-state index contributed by atoms with van der Waals surface area (Å²) in [5.74, 6) is 0. The van der Waals surface area contributed by atoms with E-state index in [-0.39, 0.29) is 6.04 Å². The molecular formula is C24H30N6S. The van der Waals surface area contributed by atoms with E-state index in [0.29, 0.717) is 0 Å². The number of nitrogens with one attached hydrogen (secondary N) is 1. The molecule has 162 valence electrons. The van der Waals surface area contributed by atoms with Crippen molar-refractivity contribution in [2.45, 2.75) is 33.4 Å². The SMILES string of the molecule is CNCCN(C)Cc1cccc(-c2cc(-c3csc(C)n3)c3cnn(C(C)C)c3n2)c1. The van der Waals surface area contributed by atoms with Crippen LogP contribution in [0.15, 0.2) is 41.9 Å². The highest BCUT2D eigenvalue weighted by Gasteiger charge is 2.17. The largest absolute Gasteiger partial charge is 0.318 e. The van der Waals surface area contributed by atoms with Crippen LogP contribution >= 0.6 is 11.3 Å². The Balaban J connectivity index is 1.79. The number of hydrogen-bond donors (Lipinski definition) is 1. The predicted octanol–water partition coefficient (Wildman–Crippen LogP) is 4.76. The number of nitrogens with zero attached hydrogens (tertiary/aromatic N) is 5. The Kier molecular flexibility index (Phi) is 6.46. The van der Waals surface area contributed by atoms with Gasteiger partial charge < -0.3 is 10.2 Å². The maximum Gasteiger partial charge on any atom is 0.159 e. The van der Waals surface area contributed by atoms with Crippen molar-refractivity contribution in [3.05, 3.63) is 52.5 Å². The molecule has 0 radical (unpaired) electrons. The van der Waals surface area contributed by atoms with Gasteiger partial charge in [-0.25, -0.2) is 14.6 Å². The average Bonchev–Trinajstić information content (AvgIpc) is 3.38. The molecule has 0 aliphatic carbocycles. The van der Waals surface area contributed by atoms with E-state index in [2.05, 4.69) is 71.9 Å². The van der Waals surface area contributed by atoms with Crippen LogP contribution in [-0.2, 0) is 6.54 Å². The van der Waals surface area contributed by atoms with Crippen molar-refractivity contribution >= 4 is 22.4 Å². The summed E-state index contributed by atoms with van der Waals surface area (Å²) >= 11 is 1.67. The molecule has 0 fully saturated rings. The fourth-order valence-corrected chi connectivity index (χ4v) is 4.38. The fraction of sp³-hybridized carbons (Fsp3) is 0.375. The van der Waals surface area contributed by atoms with Gasteiger partial charge >= 0.3 is 0 Å². The van der Waals surface area contributed by atoms with Gasteiger partial charge in [-0.15, -0.1) is 11.3 Å². The normalized spacial score (nSPS) is 11.8. The molecule has 0 aliphatic rings. The van der Waals surface area contributed by atoms with Crippen molar-refractivity contribution in [2.75, 3.05) is 27.2 Å². The second kappa shape index (κ2) is 9.26. The lowest BCUT2D eigenvalue weighted by molar-refractivity contribution is 0.328. The number of pyridine rings is 1. The van der Waals surface area contributed by atoms with Gasteiger partial charge in [0.15, 0.2) is 5.65 Å². The van der Waals surface area contributed by atoms with Crippen LogP contribution in [0.4, 0.5) is 0 Å². The zero-order chi connectivity index (χ0) is 22.0. The van der Waals surface area contributed by atoms with Gasteiger partial charge in [0.2, 0.25) is 0 Å². The van der Waals surface area contributed by atoms with Gasteiger partial charge in [-0.05, 0) is 52.6 Å². The maximum absolute atomic E-state index is 5.04. The van der Waals surface area contributed by atoms with Crippen LogP contribution < -0.4 is 5.32 Å². The third-order valence-electron chi connectivity index (χ3n) is 5.37. The van der Waals surface area contributed by atoms with Crippen LogP contribution in [0, 0.1) is 6.92 Å². The van der Waals surface area contributed by atoms with E-state index in [4.69, 9.17) is 9.97 Å². The molecule has 31 heavy (non-hydrogen) atoms. The van der Waals surface area contributed by atoms with Crippen molar-refractivity contribution in [3.63, 3.8) is 0 Å². The molecule has 6 nitrogen and oxygen atoms in total. The van der Waals surface area contributed by atoms with Crippen molar-refractivity contribution < 1.29 is 0 Å². The molecule has 3 heterocycles. The molecule has 0 unspecified atom stereocenters. The van der Waals surface area contributed by atoms with Gasteiger partial charge in [0.05, 0.1) is 22.6 Å². The number of benzene rings is 1. The summed E-state index contributed by atoms with van der Waals surface area (Å²) in [6.07, 6.45) is 1.92. The van der Waals surface area contributed by atoms with Gasteiger partial charge in [0.1, 0.15) is 0 Å². The summed E-state index contributed by atoms with van der Waals surface area (Å²) in [4.78, 5) is 12.1. The number of likely N-dealkylation sites (N-methyl/N-ethyl adjacent to an activating group) is 2. The summed E-state index contributed by atoms with van der Waals surface area (Å²) in [5, 5.41) is 12.1. The molecule has 0 spiro atoms. The van der Waals surface area contributed by atoms with E-state index in [1.54, 1.807) is 11.3 Å². The molecule has 0 saturated heterocycles. The lowest BCUT2D eigenvalue weighted by Crippen LogP contribution is -2.26. The summed E-state index contributed by atoms with van der Waals surface area (Å²) in [6, 6.07) is 11.1. The standard InChI is InChI=1S/C24H30N6S/c1-16(2)30-24-21(13-26-30)20(23-15-31-17(3)27-23)12-22(28-24)19-8-6-7-18(11-19)14-29(5)10-9-25-4/h6-8,11-13,15-16,25H,9-10,14H2,1-5H3. The lowest BCUT2D eigenvalue weighted by Gasteiger charge is -2.17. The van der Waals surface area contributed by atoms with E-state index < -0.39 is 0 Å². The molecule has 0 atom stereocenters. The van der Waals surface area contributed by atoms with Gasteiger partial charge in [0, 0.05) is 47.6 Å². The zero-order valence-electron chi connectivity index (χ0n) is 18.9. The van der Waals surface area contributed by atoms with E-state index in [1.165, 1.54) is 5.56 Å². The molecule has 4 rings (SSSR count). The third-order valence-corrected chi connectivity index (χ3v) is 6.14. The fourth-order valence-electron chi connectivity index (χ4n) is 3.77. The van der Waals surface area contributed by atoms with E-state index in [9.17, 15) is 0 Å². The Morgan fingerprint density at radius 3 is 2.71 bits per heavy atom. The maximum atomic E-state index is 5.04. The third kappa shape index (κ3) is 4.69. The first-order valence-corrected chi connectivity index (χ1v) is 11.6. The molecule has 1 aromatic carbocycles. The molecule has 0 saturated carbocycles. The zero-order valence-corrected chi connectivity index (χ0v) is 19.7. The summed E-state index contributed by atoms with van der Waals surface area (Å²) < 4.78 is 2.00. The molecule has 4 aromatic rings. The minimum Gasteiger partial charge on any atom is -0.318 e. The van der Waals surface area contributed by atoms with E-state index in [1.807, 2.05) is 24.9 Å². The van der Waals surface area contributed by atoms with Gasteiger partial charge in [-0.2, -0.15) is 5.10 Å². The number of hydrogen-bond acceptors (Lipinski definition) is 6. The van der Waals surface area contributed by atoms with Crippen LogP contribution in [0.1, 0.15) is 30.5 Å². The smallest absolute Gasteiger partial charge is 0.159 e. The van der Waals surface area contributed by atoms with E-state index >= 15 is 0 Å². The van der Waals surface area contributed by atoms with E-state index in [0.717, 1.165) is 58.2 Å². The minimum absolute atomic E-state index is 0.234. The highest BCUT2D eigenvalue weighted by atomic mass is 32.1. The first-order chi connectivity index (χ1) is 15.0. The quantitative estimate of drug-likeness (QED) is 0.433. The Morgan fingerprint density at radius 1 is 1.16 bits per heavy atom. The molecule has 7 heteroatoms. The molecule has 0 bridgehead atoms. The number of aryl methyl sites for hydroxylation is 1. The first-order valence-electron chi connectivity index (χ1n) is 10.7. The Bertz CT molecular complexity index is 1180. The number of rotatable bonds is 8. The van der Waals surface area contributed by atoms with Gasteiger partial charge in [0.25, 0.3) is 0 Å². The van der Waals surface area contributed by atoms with Crippen LogP contribution in [-0.4, -0.2) is 51.8 Å². The topological polar surface area (TPSA) is 58.9 Å². The lowest BCUT2D eigenvalue weighted by atomic mass is 10.0.